The Morgan fingerprint density at radius 3 is 2.19 bits per heavy atom. The predicted molar refractivity (Wildman–Crippen MR) is 78.9 cm³/mol. The van der Waals surface area contributed by atoms with Crippen molar-refractivity contribution in [3.8, 4) is 0 Å². The molecule has 0 spiro atoms. The maximum Gasteiger partial charge on any atom is 0.241 e. The second-order valence-corrected chi connectivity index (χ2v) is 6.92. The van der Waals surface area contributed by atoms with Gasteiger partial charge in [-0.2, -0.15) is 0 Å². The zero-order valence-electron chi connectivity index (χ0n) is 12.7. The van der Waals surface area contributed by atoms with Gasteiger partial charge in [0.05, 0.1) is 4.90 Å². The summed E-state index contributed by atoms with van der Waals surface area (Å²) < 4.78 is 40.0. The van der Waals surface area contributed by atoms with Crippen molar-refractivity contribution in [2.24, 2.45) is 5.92 Å². The van der Waals surface area contributed by atoms with Crippen molar-refractivity contribution in [1.29, 1.82) is 0 Å². The monoisotopic (exact) mass is 316 g/mol. The summed E-state index contributed by atoms with van der Waals surface area (Å²) in [7, 11) is -3.72. The average molecular weight is 316 g/mol. The molecule has 0 radical (unpaired) electrons. The minimum Gasteiger partial charge on any atom is -0.355 e. The van der Waals surface area contributed by atoms with Gasteiger partial charge in [0.25, 0.3) is 0 Å². The van der Waals surface area contributed by atoms with Crippen LogP contribution in [0.3, 0.4) is 0 Å². The summed E-state index contributed by atoms with van der Waals surface area (Å²) in [6.07, 6.45) is 0. The SMILES string of the molecule is Cc1cc(F)cc(C)c1S(=O)(=O)NCCNC(=O)C(C)C. The number of aryl methyl sites for hydroxylation is 2. The highest BCUT2D eigenvalue weighted by Crippen LogP contribution is 2.20. The van der Waals surface area contributed by atoms with Gasteiger partial charge in [0, 0.05) is 19.0 Å². The van der Waals surface area contributed by atoms with Crippen LogP contribution in [0.5, 0.6) is 0 Å². The molecule has 0 aliphatic carbocycles. The molecule has 21 heavy (non-hydrogen) atoms. The third kappa shape index (κ3) is 4.78. The Balaban J connectivity index is 2.73. The minimum absolute atomic E-state index is 0.0804. The number of hydrogen-bond acceptors (Lipinski definition) is 3. The fraction of sp³-hybridized carbons (Fsp3) is 0.500. The van der Waals surface area contributed by atoms with Crippen molar-refractivity contribution >= 4 is 15.9 Å². The van der Waals surface area contributed by atoms with E-state index >= 15 is 0 Å². The number of carbonyl (C=O) groups is 1. The summed E-state index contributed by atoms with van der Waals surface area (Å²) in [6, 6.07) is 2.37. The van der Waals surface area contributed by atoms with Crippen molar-refractivity contribution < 1.29 is 17.6 Å². The van der Waals surface area contributed by atoms with Gasteiger partial charge in [-0.15, -0.1) is 0 Å². The molecule has 0 heterocycles. The smallest absolute Gasteiger partial charge is 0.241 e. The molecule has 0 saturated carbocycles. The van der Waals surface area contributed by atoms with E-state index in [-0.39, 0.29) is 29.8 Å². The third-order valence-electron chi connectivity index (χ3n) is 2.93. The number of amides is 1. The molecule has 0 aromatic heterocycles. The number of halogens is 1. The van der Waals surface area contributed by atoms with Gasteiger partial charge in [0.2, 0.25) is 15.9 Å². The first-order valence-corrected chi connectivity index (χ1v) is 8.17. The van der Waals surface area contributed by atoms with Crippen molar-refractivity contribution in [1.82, 2.24) is 10.0 Å². The Labute approximate surface area is 125 Å². The van der Waals surface area contributed by atoms with E-state index in [9.17, 15) is 17.6 Å². The van der Waals surface area contributed by atoms with Gasteiger partial charge in [-0.05, 0) is 37.1 Å². The molecule has 0 fully saturated rings. The van der Waals surface area contributed by atoms with Gasteiger partial charge >= 0.3 is 0 Å². The molecule has 0 atom stereocenters. The van der Waals surface area contributed by atoms with E-state index in [0.29, 0.717) is 11.1 Å². The second-order valence-electron chi connectivity index (χ2n) is 5.21. The molecule has 118 valence electrons. The lowest BCUT2D eigenvalue weighted by Gasteiger charge is -2.13. The van der Waals surface area contributed by atoms with E-state index in [2.05, 4.69) is 10.0 Å². The molecule has 1 aromatic carbocycles. The molecule has 5 nitrogen and oxygen atoms in total. The number of benzene rings is 1. The van der Waals surface area contributed by atoms with Crippen LogP contribution in [-0.4, -0.2) is 27.4 Å². The Bertz CT molecular complexity index is 604. The quantitative estimate of drug-likeness (QED) is 0.781. The molecule has 1 rings (SSSR count). The van der Waals surface area contributed by atoms with E-state index in [4.69, 9.17) is 0 Å². The van der Waals surface area contributed by atoms with Gasteiger partial charge in [0.1, 0.15) is 5.82 Å². The molecule has 7 heteroatoms. The largest absolute Gasteiger partial charge is 0.355 e. The topological polar surface area (TPSA) is 75.3 Å². The van der Waals surface area contributed by atoms with Crippen molar-refractivity contribution in [3.05, 3.63) is 29.1 Å². The van der Waals surface area contributed by atoms with Crippen LogP contribution in [0.4, 0.5) is 4.39 Å². The van der Waals surface area contributed by atoms with Gasteiger partial charge < -0.3 is 5.32 Å². The summed E-state index contributed by atoms with van der Waals surface area (Å²) in [5, 5.41) is 2.62. The van der Waals surface area contributed by atoms with E-state index in [0.717, 1.165) is 0 Å². The van der Waals surface area contributed by atoms with Crippen LogP contribution in [-0.2, 0) is 14.8 Å². The highest BCUT2D eigenvalue weighted by Gasteiger charge is 2.20. The fourth-order valence-corrected chi connectivity index (χ4v) is 3.45. The number of rotatable bonds is 6. The zero-order valence-corrected chi connectivity index (χ0v) is 13.5. The Kier molecular flexibility index (Phi) is 5.86. The van der Waals surface area contributed by atoms with Crippen LogP contribution in [0.15, 0.2) is 17.0 Å². The summed E-state index contributed by atoms with van der Waals surface area (Å²) in [4.78, 5) is 11.4. The summed E-state index contributed by atoms with van der Waals surface area (Å²) >= 11 is 0. The van der Waals surface area contributed by atoms with Crippen molar-refractivity contribution in [3.63, 3.8) is 0 Å². The maximum atomic E-state index is 13.2. The fourth-order valence-electron chi connectivity index (χ4n) is 1.97. The number of hydrogen-bond donors (Lipinski definition) is 2. The molecule has 0 aliphatic rings. The molecule has 1 aromatic rings. The van der Waals surface area contributed by atoms with Crippen LogP contribution < -0.4 is 10.0 Å². The molecule has 0 unspecified atom stereocenters. The normalized spacial score (nSPS) is 11.7. The third-order valence-corrected chi connectivity index (χ3v) is 4.70. The average Bonchev–Trinajstić information content (AvgIpc) is 2.32. The molecule has 1 amide bonds. The number of sulfonamides is 1. The maximum absolute atomic E-state index is 13.2. The molecule has 0 saturated heterocycles. The van der Waals surface area contributed by atoms with Crippen LogP contribution in [0.2, 0.25) is 0 Å². The van der Waals surface area contributed by atoms with E-state index < -0.39 is 15.8 Å². The van der Waals surface area contributed by atoms with Crippen LogP contribution in [0, 0.1) is 25.6 Å². The molecule has 0 bridgehead atoms. The van der Waals surface area contributed by atoms with Crippen LogP contribution in [0.1, 0.15) is 25.0 Å². The second kappa shape index (κ2) is 7.00. The first kappa shape index (κ1) is 17.6. The predicted octanol–water partition coefficient (Wildman–Crippen LogP) is 1.49. The lowest BCUT2D eigenvalue weighted by Crippen LogP contribution is -2.36. The Hall–Kier alpha value is -1.47. The van der Waals surface area contributed by atoms with Crippen molar-refractivity contribution in [2.75, 3.05) is 13.1 Å². The summed E-state index contributed by atoms with van der Waals surface area (Å²) in [5.74, 6) is -0.750. The minimum atomic E-state index is -3.72. The van der Waals surface area contributed by atoms with Crippen molar-refractivity contribution in [2.45, 2.75) is 32.6 Å². The molecular weight excluding hydrogens is 295 g/mol. The van der Waals surface area contributed by atoms with Gasteiger partial charge in [-0.25, -0.2) is 17.5 Å². The molecular formula is C14H21FN2O3S. The number of carbonyl (C=O) groups excluding carboxylic acids is 1. The van der Waals surface area contributed by atoms with Gasteiger partial charge in [-0.1, -0.05) is 13.8 Å². The molecule has 0 aliphatic heterocycles. The highest BCUT2D eigenvalue weighted by molar-refractivity contribution is 7.89. The Morgan fingerprint density at radius 2 is 1.71 bits per heavy atom. The van der Waals surface area contributed by atoms with Gasteiger partial charge in [0.15, 0.2) is 0 Å². The van der Waals surface area contributed by atoms with E-state index in [1.807, 2.05) is 0 Å². The Morgan fingerprint density at radius 1 is 1.19 bits per heavy atom. The molecule has 2 N–H and O–H groups in total. The standard InChI is InChI=1S/C14H21FN2O3S/c1-9(2)14(18)16-5-6-17-21(19,20)13-10(3)7-12(15)8-11(13)4/h7-9,17H,5-6H2,1-4H3,(H,16,18). The number of nitrogens with one attached hydrogen (secondary N) is 2. The lowest BCUT2D eigenvalue weighted by molar-refractivity contribution is -0.123. The van der Waals surface area contributed by atoms with Gasteiger partial charge in [-0.3, -0.25) is 4.79 Å². The first-order chi connectivity index (χ1) is 9.65. The van der Waals surface area contributed by atoms with E-state index in [1.54, 1.807) is 27.7 Å². The zero-order chi connectivity index (χ0) is 16.2. The van der Waals surface area contributed by atoms with Crippen LogP contribution in [0.25, 0.3) is 0 Å². The lowest BCUT2D eigenvalue weighted by atomic mass is 10.1. The highest BCUT2D eigenvalue weighted by atomic mass is 32.2. The summed E-state index contributed by atoms with van der Waals surface area (Å²) in [6.45, 7) is 6.89. The van der Waals surface area contributed by atoms with E-state index in [1.165, 1.54) is 12.1 Å². The first-order valence-electron chi connectivity index (χ1n) is 6.69. The van der Waals surface area contributed by atoms with Crippen LogP contribution >= 0.6 is 0 Å². The summed E-state index contributed by atoms with van der Waals surface area (Å²) in [5.41, 5.74) is 0.706.